The molecule has 1 aromatic carbocycles. The zero-order chi connectivity index (χ0) is 12.7. The fourth-order valence-electron chi connectivity index (χ4n) is 1.99. The summed E-state index contributed by atoms with van der Waals surface area (Å²) in [6, 6.07) is 8.57. The Labute approximate surface area is 111 Å². The van der Waals surface area contributed by atoms with E-state index in [1.54, 1.807) is 30.3 Å². The molecule has 0 aliphatic carbocycles. The normalized spacial score (nSPS) is 14.2. The van der Waals surface area contributed by atoms with E-state index in [0.717, 1.165) is 5.56 Å². The summed E-state index contributed by atoms with van der Waals surface area (Å²) in [7, 11) is 0. The standard InChI is InChI=1S/C13H8BrNO3/c14-11-8(5-6-18-11)7-15-12(16)9-3-1-2-4-10(9)13(15)17/h1-6H,7H2. The van der Waals surface area contributed by atoms with Crippen LogP contribution in [0.2, 0.25) is 0 Å². The Morgan fingerprint density at radius 2 is 1.67 bits per heavy atom. The Bertz CT molecular complexity index is 612. The van der Waals surface area contributed by atoms with Crippen LogP contribution in [0.3, 0.4) is 0 Å². The number of nitrogens with zero attached hydrogens (tertiary/aromatic N) is 1. The molecule has 0 saturated heterocycles. The van der Waals surface area contributed by atoms with Crippen molar-refractivity contribution in [3.05, 3.63) is 58.0 Å². The molecular weight excluding hydrogens is 298 g/mol. The summed E-state index contributed by atoms with van der Waals surface area (Å²) in [4.78, 5) is 25.4. The number of amides is 2. The molecule has 0 radical (unpaired) electrons. The number of hydrogen-bond donors (Lipinski definition) is 0. The van der Waals surface area contributed by atoms with Gasteiger partial charge in [0, 0.05) is 5.56 Å². The van der Waals surface area contributed by atoms with Crippen molar-refractivity contribution in [1.29, 1.82) is 0 Å². The molecule has 18 heavy (non-hydrogen) atoms. The number of hydrogen-bond acceptors (Lipinski definition) is 3. The second kappa shape index (κ2) is 4.10. The van der Waals surface area contributed by atoms with Gasteiger partial charge in [-0.3, -0.25) is 14.5 Å². The number of benzene rings is 1. The smallest absolute Gasteiger partial charge is 0.261 e. The van der Waals surface area contributed by atoms with Crippen LogP contribution in [0.5, 0.6) is 0 Å². The number of furan rings is 1. The van der Waals surface area contributed by atoms with Gasteiger partial charge in [-0.25, -0.2) is 0 Å². The van der Waals surface area contributed by atoms with Gasteiger partial charge in [-0.05, 0) is 34.1 Å². The predicted molar refractivity (Wildman–Crippen MR) is 67.1 cm³/mol. The summed E-state index contributed by atoms with van der Waals surface area (Å²) in [5.74, 6) is -0.521. The van der Waals surface area contributed by atoms with Gasteiger partial charge in [-0.15, -0.1) is 0 Å². The summed E-state index contributed by atoms with van der Waals surface area (Å²) in [5.41, 5.74) is 1.69. The number of carbonyl (C=O) groups is 2. The molecule has 0 atom stereocenters. The van der Waals surface area contributed by atoms with Crippen LogP contribution in [0.4, 0.5) is 0 Å². The molecule has 1 aliphatic heterocycles. The molecule has 0 unspecified atom stereocenters. The van der Waals surface area contributed by atoms with Crippen molar-refractivity contribution in [3.63, 3.8) is 0 Å². The summed E-state index contributed by atoms with van der Waals surface area (Å²) >= 11 is 3.23. The molecule has 0 bridgehead atoms. The van der Waals surface area contributed by atoms with Crippen LogP contribution in [-0.2, 0) is 6.54 Å². The molecular formula is C13H8BrNO3. The minimum atomic E-state index is -0.260. The van der Waals surface area contributed by atoms with Crippen molar-refractivity contribution in [2.75, 3.05) is 0 Å². The molecule has 1 aliphatic rings. The van der Waals surface area contributed by atoms with Gasteiger partial charge in [-0.1, -0.05) is 12.1 Å². The Hall–Kier alpha value is -1.88. The zero-order valence-electron chi connectivity index (χ0n) is 9.22. The lowest BCUT2D eigenvalue weighted by molar-refractivity contribution is 0.0642. The average molecular weight is 306 g/mol. The highest BCUT2D eigenvalue weighted by Crippen LogP contribution is 2.26. The van der Waals surface area contributed by atoms with Gasteiger partial charge in [0.25, 0.3) is 11.8 Å². The van der Waals surface area contributed by atoms with Crippen molar-refractivity contribution >= 4 is 27.7 Å². The number of imide groups is 1. The lowest BCUT2D eigenvalue weighted by atomic mass is 10.1. The minimum Gasteiger partial charge on any atom is -0.457 e. The first-order valence-corrected chi connectivity index (χ1v) is 6.15. The predicted octanol–water partition coefficient (Wildman–Crippen LogP) is 2.84. The molecule has 2 aromatic rings. The van der Waals surface area contributed by atoms with E-state index in [0.29, 0.717) is 15.8 Å². The maximum absolute atomic E-state index is 12.1. The lowest BCUT2D eigenvalue weighted by Crippen LogP contribution is -2.29. The van der Waals surface area contributed by atoms with E-state index in [9.17, 15) is 9.59 Å². The van der Waals surface area contributed by atoms with Crippen LogP contribution in [-0.4, -0.2) is 16.7 Å². The van der Waals surface area contributed by atoms with Gasteiger partial charge < -0.3 is 4.42 Å². The van der Waals surface area contributed by atoms with Crippen LogP contribution in [0, 0.1) is 0 Å². The molecule has 4 nitrogen and oxygen atoms in total. The summed E-state index contributed by atoms with van der Waals surface area (Å²) < 4.78 is 5.63. The van der Waals surface area contributed by atoms with Gasteiger partial charge in [0.1, 0.15) is 0 Å². The molecule has 3 rings (SSSR count). The number of fused-ring (bicyclic) bond motifs is 1. The first-order valence-electron chi connectivity index (χ1n) is 5.35. The quantitative estimate of drug-likeness (QED) is 0.802. The lowest BCUT2D eigenvalue weighted by Gasteiger charge is -2.12. The topological polar surface area (TPSA) is 50.5 Å². The first-order chi connectivity index (χ1) is 8.68. The third-order valence-corrected chi connectivity index (χ3v) is 3.60. The summed E-state index contributed by atoms with van der Waals surface area (Å²) in [5, 5.41) is 0. The SMILES string of the molecule is O=C1c2ccccc2C(=O)N1Cc1ccoc1Br. The monoisotopic (exact) mass is 305 g/mol. The van der Waals surface area contributed by atoms with Crippen LogP contribution in [0.1, 0.15) is 26.3 Å². The molecule has 0 saturated carbocycles. The highest BCUT2D eigenvalue weighted by Gasteiger charge is 2.35. The van der Waals surface area contributed by atoms with Gasteiger partial charge in [0.2, 0.25) is 0 Å². The molecule has 5 heteroatoms. The summed E-state index contributed by atoms with van der Waals surface area (Å²) in [6.07, 6.45) is 1.51. The molecule has 0 N–H and O–H groups in total. The maximum Gasteiger partial charge on any atom is 0.261 e. The molecule has 0 spiro atoms. The summed E-state index contributed by atoms with van der Waals surface area (Å²) in [6.45, 7) is 0.212. The largest absolute Gasteiger partial charge is 0.457 e. The van der Waals surface area contributed by atoms with E-state index < -0.39 is 0 Å². The van der Waals surface area contributed by atoms with Crippen LogP contribution in [0.15, 0.2) is 45.7 Å². The van der Waals surface area contributed by atoms with E-state index in [1.807, 2.05) is 0 Å². The molecule has 2 heterocycles. The van der Waals surface area contributed by atoms with Crippen LogP contribution in [0.25, 0.3) is 0 Å². The van der Waals surface area contributed by atoms with Crippen molar-refractivity contribution in [2.45, 2.75) is 6.54 Å². The van der Waals surface area contributed by atoms with E-state index in [-0.39, 0.29) is 18.4 Å². The van der Waals surface area contributed by atoms with E-state index >= 15 is 0 Å². The molecule has 1 aromatic heterocycles. The van der Waals surface area contributed by atoms with Crippen LogP contribution >= 0.6 is 15.9 Å². The van der Waals surface area contributed by atoms with Gasteiger partial charge >= 0.3 is 0 Å². The van der Waals surface area contributed by atoms with E-state index in [4.69, 9.17) is 4.42 Å². The Kier molecular flexibility index (Phi) is 2.56. The van der Waals surface area contributed by atoms with E-state index in [2.05, 4.69) is 15.9 Å². The molecule has 90 valence electrons. The number of halogens is 1. The van der Waals surface area contributed by atoms with Crippen LogP contribution < -0.4 is 0 Å². The molecule has 0 fully saturated rings. The second-order valence-corrected chi connectivity index (χ2v) is 4.68. The number of carbonyl (C=O) groups excluding carboxylic acids is 2. The zero-order valence-corrected chi connectivity index (χ0v) is 10.8. The highest BCUT2D eigenvalue weighted by atomic mass is 79.9. The molecule has 2 amide bonds. The Balaban J connectivity index is 1.95. The maximum atomic E-state index is 12.1. The van der Waals surface area contributed by atoms with Crippen molar-refractivity contribution in [2.24, 2.45) is 0 Å². The average Bonchev–Trinajstić information content (AvgIpc) is 2.89. The highest BCUT2D eigenvalue weighted by molar-refractivity contribution is 9.10. The van der Waals surface area contributed by atoms with Gasteiger partial charge in [0.15, 0.2) is 4.67 Å². The van der Waals surface area contributed by atoms with Gasteiger partial charge in [-0.2, -0.15) is 0 Å². The van der Waals surface area contributed by atoms with E-state index in [1.165, 1.54) is 11.2 Å². The first kappa shape index (κ1) is 11.2. The number of rotatable bonds is 2. The third kappa shape index (κ3) is 1.59. The minimum absolute atomic E-state index is 0.212. The Morgan fingerprint density at radius 1 is 1.06 bits per heavy atom. The second-order valence-electron chi connectivity index (χ2n) is 3.96. The van der Waals surface area contributed by atoms with Gasteiger partial charge in [0.05, 0.1) is 23.9 Å². The van der Waals surface area contributed by atoms with Crippen molar-refractivity contribution in [3.8, 4) is 0 Å². The fraction of sp³-hybridized carbons (Fsp3) is 0.0769. The Morgan fingerprint density at radius 3 is 2.17 bits per heavy atom. The van der Waals surface area contributed by atoms with Crippen molar-refractivity contribution < 1.29 is 14.0 Å². The fourth-order valence-corrected chi connectivity index (χ4v) is 2.35. The third-order valence-electron chi connectivity index (χ3n) is 2.90. The van der Waals surface area contributed by atoms with Crippen molar-refractivity contribution in [1.82, 2.24) is 4.90 Å².